The molecule has 1 rings (SSSR count). The van der Waals surface area contributed by atoms with Gasteiger partial charge in [0.2, 0.25) is 0 Å². The molecule has 0 amide bonds. The lowest BCUT2D eigenvalue weighted by Gasteiger charge is -2.08. The largest absolute Gasteiger partial charge is 1.00 e. The molecule has 0 spiro atoms. The number of carbonyl (C=O) groups is 1. The van der Waals surface area contributed by atoms with Crippen LogP contribution in [0.15, 0.2) is 12.4 Å². The maximum absolute atomic E-state index is 10.3. The predicted molar refractivity (Wildman–Crippen MR) is 48.6 cm³/mol. The smallest absolute Gasteiger partial charge is 0.305 e. The molecule has 0 unspecified atom stereocenters. The Morgan fingerprint density at radius 1 is 1.64 bits per heavy atom. The van der Waals surface area contributed by atoms with Crippen LogP contribution in [0.4, 0.5) is 0 Å². The van der Waals surface area contributed by atoms with Crippen LogP contribution in [0, 0.1) is 0 Å². The molecular formula is C9H14ClN2O2-. The number of rotatable bonds is 4. The van der Waals surface area contributed by atoms with Crippen LogP contribution in [-0.4, -0.2) is 20.6 Å². The van der Waals surface area contributed by atoms with E-state index in [1.54, 1.807) is 6.20 Å². The second-order valence-corrected chi connectivity index (χ2v) is 3.28. The molecule has 1 heterocycles. The van der Waals surface area contributed by atoms with Gasteiger partial charge in [-0.1, -0.05) is 13.8 Å². The molecule has 1 N–H and O–H groups in total. The molecule has 0 saturated carbocycles. The maximum atomic E-state index is 10.3. The van der Waals surface area contributed by atoms with Gasteiger partial charge in [-0.25, -0.2) is 4.98 Å². The third kappa shape index (κ3) is 3.38. The lowest BCUT2D eigenvalue weighted by Crippen LogP contribution is -3.00. The number of halogens is 1. The summed E-state index contributed by atoms with van der Waals surface area (Å²) in [6.07, 6.45) is 3.67. The summed E-state index contributed by atoms with van der Waals surface area (Å²) in [6.45, 7) is 4.59. The van der Waals surface area contributed by atoms with Crippen molar-refractivity contribution in [3.63, 3.8) is 0 Å². The van der Waals surface area contributed by atoms with Gasteiger partial charge in [0, 0.05) is 24.9 Å². The third-order valence-corrected chi connectivity index (χ3v) is 1.83. The fourth-order valence-electron chi connectivity index (χ4n) is 1.23. The maximum Gasteiger partial charge on any atom is 0.305 e. The van der Waals surface area contributed by atoms with Gasteiger partial charge < -0.3 is 22.1 Å². The lowest BCUT2D eigenvalue weighted by atomic mass is 10.2. The van der Waals surface area contributed by atoms with Crippen molar-refractivity contribution in [2.75, 3.05) is 0 Å². The Hall–Kier alpha value is -1.03. The summed E-state index contributed by atoms with van der Waals surface area (Å²) in [5, 5.41) is 8.51. The molecule has 14 heavy (non-hydrogen) atoms. The average molecular weight is 218 g/mol. The highest BCUT2D eigenvalue weighted by Crippen LogP contribution is 2.11. The number of imidazole rings is 1. The van der Waals surface area contributed by atoms with Crippen molar-refractivity contribution in [1.29, 1.82) is 0 Å². The van der Waals surface area contributed by atoms with E-state index in [-0.39, 0.29) is 18.8 Å². The van der Waals surface area contributed by atoms with Gasteiger partial charge in [-0.15, -0.1) is 0 Å². The van der Waals surface area contributed by atoms with Crippen molar-refractivity contribution in [3.05, 3.63) is 18.2 Å². The standard InChI is InChI=1S/C9H14N2O2.ClH/c1-7(2)9-10-4-6-11(9)5-3-8(12)13;/h4,6-7H,3,5H2,1-2H3,(H,12,13);1H/p-1. The van der Waals surface area contributed by atoms with E-state index in [0.717, 1.165) is 5.82 Å². The summed E-state index contributed by atoms with van der Waals surface area (Å²) in [5.41, 5.74) is 0. The van der Waals surface area contributed by atoms with Crippen LogP contribution in [0.25, 0.3) is 0 Å². The van der Waals surface area contributed by atoms with Gasteiger partial charge in [0.15, 0.2) is 0 Å². The van der Waals surface area contributed by atoms with Gasteiger partial charge in [0.05, 0.1) is 6.42 Å². The molecule has 5 heteroatoms. The van der Waals surface area contributed by atoms with E-state index >= 15 is 0 Å². The molecule has 4 nitrogen and oxygen atoms in total. The van der Waals surface area contributed by atoms with E-state index in [9.17, 15) is 4.79 Å². The SMILES string of the molecule is CC(C)c1nccn1CCC(=O)O.[Cl-]. The van der Waals surface area contributed by atoms with Gasteiger partial charge in [0.25, 0.3) is 0 Å². The molecule has 0 fully saturated rings. The minimum absolute atomic E-state index is 0. The van der Waals surface area contributed by atoms with Crippen LogP contribution < -0.4 is 12.4 Å². The topological polar surface area (TPSA) is 55.1 Å². The van der Waals surface area contributed by atoms with Crippen LogP contribution in [0.3, 0.4) is 0 Å². The number of carboxylic acid groups (broad SMARTS) is 1. The number of hydrogen-bond donors (Lipinski definition) is 1. The Kier molecular flexibility index (Phi) is 5.23. The summed E-state index contributed by atoms with van der Waals surface area (Å²) in [7, 11) is 0. The van der Waals surface area contributed by atoms with Crippen LogP contribution in [0.2, 0.25) is 0 Å². The zero-order chi connectivity index (χ0) is 9.84. The van der Waals surface area contributed by atoms with Gasteiger partial charge in [-0.3, -0.25) is 4.79 Å². The van der Waals surface area contributed by atoms with E-state index in [1.165, 1.54) is 0 Å². The first-order valence-electron chi connectivity index (χ1n) is 4.34. The third-order valence-electron chi connectivity index (χ3n) is 1.83. The number of aromatic nitrogens is 2. The molecule has 0 radical (unpaired) electrons. The van der Waals surface area contributed by atoms with Gasteiger partial charge in [-0.05, 0) is 0 Å². The van der Waals surface area contributed by atoms with Crippen LogP contribution in [0.5, 0.6) is 0 Å². The normalized spacial score (nSPS) is 9.93. The summed E-state index contributed by atoms with van der Waals surface area (Å²) < 4.78 is 1.89. The number of hydrogen-bond acceptors (Lipinski definition) is 2. The molecule has 0 atom stereocenters. The molecular weight excluding hydrogens is 204 g/mol. The van der Waals surface area contributed by atoms with Crippen molar-refractivity contribution in [2.24, 2.45) is 0 Å². The van der Waals surface area contributed by atoms with Crippen molar-refractivity contribution < 1.29 is 22.3 Å². The van der Waals surface area contributed by atoms with Crippen molar-refractivity contribution >= 4 is 5.97 Å². The first-order valence-corrected chi connectivity index (χ1v) is 4.34. The average Bonchev–Trinajstić information content (AvgIpc) is 2.47. The highest BCUT2D eigenvalue weighted by Gasteiger charge is 2.07. The van der Waals surface area contributed by atoms with Crippen LogP contribution >= 0.6 is 0 Å². The highest BCUT2D eigenvalue weighted by atomic mass is 35.5. The second kappa shape index (κ2) is 5.65. The Morgan fingerprint density at radius 3 is 2.79 bits per heavy atom. The Morgan fingerprint density at radius 2 is 2.29 bits per heavy atom. The molecule has 1 aromatic rings. The summed E-state index contributed by atoms with van der Waals surface area (Å²) in [4.78, 5) is 14.5. The predicted octanol–water partition coefficient (Wildman–Crippen LogP) is -1.51. The fourth-order valence-corrected chi connectivity index (χ4v) is 1.23. The van der Waals surface area contributed by atoms with Crippen molar-refractivity contribution in [2.45, 2.75) is 32.7 Å². The number of nitrogens with zero attached hydrogens (tertiary/aromatic N) is 2. The molecule has 0 aromatic carbocycles. The highest BCUT2D eigenvalue weighted by molar-refractivity contribution is 5.66. The number of aliphatic carboxylic acids is 1. The Labute approximate surface area is 89.4 Å². The molecule has 0 aliphatic heterocycles. The second-order valence-electron chi connectivity index (χ2n) is 3.28. The summed E-state index contributed by atoms with van der Waals surface area (Å²) in [6, 6.07) is 0. The zero-order valence-electron chi connectivity index (χ0n) is 8.27. The van der Waals surface area contributed by atoms with Gasteiger partial charge in [-0.2, -0.15) is 0 Å². The molecule has 0 bridgehead atoms. The summed E-state index contributed by atoms with van der Waals surface area (Å²) >= 11 is 0. The van der Waals surface area contributed by atoms with E-state index < -0.39 is 5.97 Å². The molecule has 80 valence electrons. The van der Waals surface area contributed by atoms with E-state index in [0.29, 0.717) is 12.5 Å². The van der Waals surface area contributed by atoms with E-state index in [1.807, 2.05) is 24.6 Å². The molecule has 0 aliphatic rings. The molecule has 0 saturated heterocycles. The monoisotopic (exact) mass is 217 g/mol. The quantitative estimate of drug-likeness (QED) is 0.667. The minimum Gasteiger partial charge on any atom is -1.00 e. The Bertz CT molecular complexity index is 297. The number of aryl methyl sites for hydroxylation is 1. The minimum atomic E-state index is -0.775. The first kappa shape index (κ1) is 13.0. The van der Waals surface area contributed by atoms with Gasteiger partial charge >= 0.3 is 5.97 Å². The summed E-state index contributed by atoms with van der Waals surface area (Å²) in [5.74, 6) is 0.508. The molecule has 0 aliphatic carbocycles. The van der Waals surface area contributed by atoms with E-state index in [4.69, 9.17) is 5.11 Å². The van der Waals surface area contributed by atoms with Crippen molar-refractivity contribution in [1.82, 2.24) is 9.55 Å². The van der Waals surface area contributed by atoms with Crippen LogP contribution in [0.1, 0.15) is 32.0 Å². The number of carboxylic acids is 1. The first-order chi connectivity index (χ1) is 6.11. The van der Waals surface area contributed by atoms with Crippen molar-refractivity contribution in [3.8, 4) is 0 Å². The fraction of sp³-hybridized carbons (Fsp3) is 0.556. The molecule has 1 aromatic heterocycles. The lowest BCUT2D eigenvalue weighted by molar-refractivity contribution is -0.137. The Balaban J connectivity index is 0.00000169. The van der Waals surface area contributed by atoms with Gasteiger partial charge in [0.1, 0.15) is 5.82 Å². The zero-order valence-corrected chi connectivity index (χ0v) is 9.03. The van der Waals surface area contributed by atoms with Crippen LogP contribution in [-0.2, 0) is 11.3 Å². The van der Waals surface area contributed by atoms with E-state index in [2.05, 4.69) is 4.98 Å².